The highest BCUT2D eigenvalue weighted by Gasteiger charge is 2.28. The van der Waals surface area contributed by atoms with Gasteiger partial charge in [0.1, 0.15) is 6.26 Å². The molecule has 12 heteroatoms. The molecule has 0 amide bonds. The van der Waals surface area contributed by atoms with Crippen molar-refractivity contribution in [3.63, 3.8) is 0 Å². The van der Waals surface area contributed by atoms with Gasteiger partial charge in [-0.1, -0.05) is 74.0 Å². The van der Waals surface area contributed by atoms with Crippen LogP contribution in [0.2, 0.25) is 5.15 Å². The molecule has 2 aromatic heterocycles. The molecule has 0 spiro atoms. The third kappa shape index (κ3) is 6.53. The van der Waals surface area contributed by atoms with E-state index in [-0.39, 0.29) is 45.0 Å². The zero-order valence-electron chi connectivity index (χ0n) is 22.4. The number of anilines is 1. The van der Waals surface area contributed by atoms with E-state index in [1.165, 1.54) is 25.6 Å². The van der Waals surface area contributed by atoms with Crippen molar-refractivity contribution in [3.05, 3.63) is 101 Å². The highest BCUT2D eigenvalue weighted by Crippen LogP contribution is 2.40. The van der Waals surface area contributed by atoms with E-state index in [1.54, 1.807) is 30.3 Å². The third-order valence-electron chi connectivity index (χ3n) is 6.09. The number of hydrogen-bond donors (Lipinski definition) is 1. The average Bonchev–Trinajstić information content (AvgIpc) is 3.44. The van der Waals surface area contributed by atoms with Crippen LogP contribution in [0.1, 0.15) is 36.7 Å². The summed E-state index contributed by atoms with van der Waals surface area (Å²) in [6, 6.07) is 19.6. The van der Waals surface area contributed by atoms with E-state index in [9.17, 15) is 8.42 Å². The zero-order valence-corrected chi connectivity index (χ0v) is 24.0. The number of sulfonamides is 1. The number of pyridine rings is 1. The van der Waals surface area contributed by atoms with Crippen molar-refractivity contribution >= 4 is 33.2 Å². The number of nitrogens with one attached hydrogen (secondary N) is 1. The van der Waals surface area contributed by atoms with Gasteiger partial charge in [0.05, 0.1) is 7.11 Å². The molecule has 1 atom stereocenters. The maximum Gasteiger partial charge on any atom is 0.280 e. The minimum atomic E-state index is -4.21. The van der Waals surface area contributed by atoms with Crippen molar-refractivity contribution in [2.75, 3.05) is 11.8 Å². The quantitative estimate of drug-likeness (QED) is 0.215. The molecule has 0 fully saturated rings. The fourth-order valence-corrected chi connectivity index (χ4v) is 5.06. The Kier molecular flexibility index (Phi) is 8.27. The number of rotatable bonds is 10. The summed E-state index contributed by atoms with van der Waals surface area (Å²) in [6.45, 7) is 3.98. The van der Waals surface area contributed by atoms with Crippen LogP contribution in [0.25, 0.3) is 5.76 Å². The van der Waals surface area contributed by atoms with E-state index in [4.69, 9.17) is 30.5 Å². The number of methoxy groups -OCH3 is 1. The Balaban J connectivity index is 1.48. The summed E-state index contributed by atoms with van der Waals surface area (Å²) in [6.07, 6.45) is 2.74. The van der Waals surface area contributed by atoms with Gasteiger partial charge in [-0.15, -0.1) is 0 Å². The van der Waals surface area contributed by atoms with Crippen LogP contribution in [0, 0.1) is 0 Å². The largest absolute Gasteiger partial charge is 0.493 e. The molecule has 0 aliphatic carbocycles. The van der Waals surface area contributed by atoms with Gasteiger partial charge >= 0.3 is 0 Å². The number of halogens is 1. The van der Waals surface area contributed by atoms with E-state index in [1.807, 2.05) is 44.2 Å². The molecule has 3 heterocycles. The molecule has 212 valence electrons. The standard InChI is InChI=1S/C29H27ClN4O6S/c1-18(2)20-13-14-24(31-16-20)41(35,36)34-29-26(40-22-12-8-7-11-21(22)37-3)27(30)32-28(33-29)23-17-38-25(39-23)15-19-9-5-4-6-10-19/h4-14,16-18,25H,15H2,1-3H3,(H,32,33,34). The van der Waals surface area contributed by atoms with Crippen molar-refractivity contribution in [2.45, 2.75) is 37.5 Å². The molecule has 2 aromatic carbocycles. The van der Waals surface area contributed by atoms with E-state index in [0.717, 1.165) is 11.1 Å². The van der Waals surface area contributed by atoms with Gasteiger partial charge in [0.25, 0.3) is 10.0 Å². The molecule has 1 aliphatic heterocycles. The first kappa shape index (κ1) is 28.2. The lowest BCUT2D eigenvalue weighted by Gasteiger charge is -2.16. The van der Waals surface area contributed by atoms with Crippen molar-refractivity contribution in [2.24, 2.45) is 0 Å². The number of ether oxygens (including phenoxy) is 4. The van der Waals surface area contributed by atoms with Gasteiger partial charge < -0.3 is 18.9 Å². The second kappa shape index (κ2) is 12.0. The van der Waals surface area contributed by atoms with Crippen LogP contribution in [0.3, 0.4) is 0 Å². The summed E-state index contributed by atoms with van der Waals surface area (Å²) in [5.41, 5.74) is 1.91. The maximum absolute atomic E-state index is 13.4. The van der Waals surface area contributed by atoms with Crippen LogP contribution >= 0.6 is 11.6 Å². The minimum Gasteiger partial charge on any atom is -0.493 e. The second-order valence-corrected chi connectivity index (χ2v) is 11.3. The molecular weight excluding hydrogens is 568 g/mol. The predicted octanol–water partition coefficient (Wildman–Crippen LogP) is 6.16. The summed E-state index contributed by atoms with van der Waals surface area (Å²) in [5, 5.41) is -0.373. The lowest BCUT2D eigenvalue weighted by molar-refractivity contribution is -0.0139. The maximum atomic E-state index is 13.4. The molecular formula is C29H27ClN4O6S. The van der Waals surface area contributed by atoms with Crippen LogP contribution < -0.4 is 14.2 Å². The lowest BCUT2D eigenvalue weighted by Crippen LogP contribution is -2.17. The van der Waals surface area contributed by atoms with Crippen molar-refractivity contribution in [1.29, 1.82) is 0 Å². The van der Waals surface area contributed by atoms with Gasteiger partial charge in [-0.2, -0.15) is 8.42 Å². The molecule has 5 rings (SSSR count). The summed E-state index contributed by atoms with van der Waals surface area (Å²) < 4.78 is 52.1. The fourth-order valence-electron chi connectivity index (χ4n) is 3.91. The van der Waals surface area contributed by atoms with Gasteiger partial charge in [-0.25, -0.2) is 15.0 Å². The topological polar surface area (TPSA) is 122 Å². The van der Waals surface area contributed by atoms with E-state index < -0.39 is 16.3 Å². The number of benzene rings is 2. The lowest BCUT2D eigenvalue weighted by atomic mass is 10.1. The summed E-state index contributed by atoms with van der Waals surface area (Å²) >= 11 is 6.56. The highest BCUT2D eigenvalue weighted by molar-refractivity contribution is 7.92. The van der Waals surface area contributed by atoms with Crippen molar-refractivity contribution in [1.82, 2.24) is 15.0 Å². The fraction of sp³-hybridized carbons (Fsp3) is 0.207. The van der Waals surface area contributed by atoms with Crippen molar-refractivity contribution in [3.8, 4) is 17.2 Å². The molecule has 41 heavy (non-hydrogen) atoms. The third-order valence-corrected chi connectivity index (χ3v) is 7.60. The zero-order chi connectivity index (χ0) is 29.0. The molecule has 1 unspecified atom stereocenters. The number of aromatic nitrogens is 3. The summed E-state index contributed by atoms with van der Waals surface area (Å²) in [7, 11) is -2.73. The molecule has 10 nitrogen and oxygen atoms in total. The monoisotopic (exact) mass is 594 g/mol. The molecule has 1 aliphatic rings. The molecule has 0 bridgehead atoms. The van der Waals surface area contributed by atoms with Crippen molar-refractivity contribution < 1.29 is 27.4 Å². The van der Waals surface area contributed by atoms with E-state index in [2.05, 4.69) is 19.7 Å². The Morgan fingerprint density at radius 2 is 1.73 bits per heavy atom. The van der Waals surface area contributed by atoms with Gasteiger partial charge in [-0.3, -0.25) is 4.72 Å². The normalized spacial score (nSPS) is 14.7. The average molecular weight is 595 g/mol. The first-order valence-electron chi connectivity index (χ1n) is 12.7. The van der Waals surface area contributed by atoms with Crippen LogP contribution in [-0.2, 0) is 25.9 Å². The Morgan fingerprint density at radius 1 is 1.00 bits per heavy atom. The number of nitrogens with zero attached hydrogens (tertiary/aromatic N) is 3. The Morgan fingerprint density at radius 3 is 2.41 bits per heavy atom. The minimum absolute atomic E-state index is 0.00115. The smallest absolute Gasteiger partial charge is 0.280 e. The Bertz CT molecular complexity index is 1660. The number of hydrogen-bond acceptors (Lipinski definition) is 9. The molecule has 0 saturated heterocycles. The first-order valence-corrected chi connectivity index (χ1v) is 14.5. The van der Waals surface area contributed by atoms with Crippen LogP contribution in [0.15, 0.2) is 84.2 Å². The van der Waals surface area contributed by atoms with Crippen LogP contribution in [0.4, 0.5) is 5.82 Å². The molecule has 4 aromatic rings. The summed E-state index contributed by atoms with van der Waals surface area (Å²) in [4.78, 5) is 12.9. The SMILES string of the molecule is COc1ccccc1Oc1c(Cl)nc(C2=COC(Cc3ccccc3)O2)nc1NS(=O)(=O)c1ccc(C(C)C)cn1. The van der Waals surface area contributed by atoms with E-state index >= 15 is 0 Å². The first-order chi connectivity index (χ1) is 19.7. The van der Waals surface area contributed by atoms with Gasteiger partial charge in [0.2, 0.25) is 23.6 Å². The molecule has 0 saturated carbocycles. The molecule has 0 radical (unpaired) electrons. The van der Waals surface area contributed by atoms with Crippen LogP contribution in [0.5, 0.6) is 17.2 Å². The highest BCUT2D eigenvalue weighted by atomic mass is 35.5. The van der Waals surface area contributed by atoms with E-state index in [0.29, 0.717) is 12.2 Å². The van der Waals surface area contributed by atoms with Crippen LogP contribution in [-0.4, -0.2) is 36.8 Å². The van der Waals surface area contributed by atoms with Gasteiger partial charge in [-0.05, 0) is 35.2 Å². The number of para-hydroxylation sites is 2. The molecule has 1 N–H and O–H groups in total. The van der Waals surface area contributed by atoms with Gasteiger partial charge in [0.15, 0.2) is 27.5 Å². The Hall–Kier alpha value is -4.35. The summed E-state index contributed by atoms with van der Waals surface area (Å²) in [5.74, 6) is 0.667. The second-order valence-electron chi connectivity index (χ2n) is 9.31. The Labute approximate surface area is 243 Å². The van der Waals surface area contributed by atoms with Gasteiger partial charge in [0, 0.05) is 12.6 Å². The predicted molar refractivity (Wildman–Crippen MR) is 153 cm³/mol.